The second-order valence-corrected chi connectivity index (χ2v) is 6.10. The quantitative estimate of drug-likeness (QED) is 0.760. The average molecular weight is 306 g/mol. The van der Waals surface area contributed by atoms with E-state index in [1.807, 2.05) is 0 Å². The van der Waals surface area contributed by atoms with Crippen LogP contribution in [0.5, 0.6) is 0 Å². The Morgan fingerprint density at radius 1 is 1.18 bits per heavy atom. The van der Waals surface area contributed by atoms with Crippen molar-refractivity contribution in [3.05, 3.63) is 29.3 Å². The highest BCUT2D eigenvalue weighted by atomic mass is 16.5. The molecule has 22 heavy (non-hydrogen) atoms. The first-order valence-electron chi connectivity index (χ1n) is 8.32. The normalized spacial score (nSPS) is 15.5. The van der Waals surface area contributed by atoms with Gasteiger partial charge in [-0.05, 0) is 43.4 Å². The molecule has 0 spiro atoms. The summed E-state index contributed by atoms with van der Waals surface area (Å²) in [6.45, 7) is 6.83. The fourth-order valence-corrected chi connectivity index (χ4v) is 3.10. The molecule has 0 fully saturated rings. The van der Waals surface area contributed by atoms with E-state index in [1.54, 1.807) is 14.2 Å². The molecular formula is C18H30N2O2. The van der Waals surface area contributed by atoms with E-state index in [2.05, 4.69) is 35.3 Å². The molecule has 0 aliphatic carbocycles. The molecule has 1 unspecified atom stereocenters. The minimum atomic E-state index is 0.486. The molecule has 2 rings (SSSR count). The van der Waals surface area contributed by atoms with Gasteiger partial charge in [-0.15, -0.1) is 0 Å². The lowest BCUT2D eigenvalue weighted by atomic mass is 9.97. The van der Waals surface area contributed by atoms with E-state index in [-0.39, 0.29) is 0 Å². The van der Waals surface area contributed by atoms with E-state index in [4.69, 9.17) is 9.47 Å². The summed E-state index contributed by atoms with van der Waals surface area (Å²) in [5, 5.41) is 3.48. The van der Waals surface area contributed by atoms with Crippen molar-refractivity contribution >= 4 is 5.69 Å². The smallest absolute Gasteiger partial charge is 0.0589 e. The first-order valence-corrected chi connectivity index (χ1v) is 8.32. The van der Waals surface area contributed by atoms with Crippen LogP contribution in [0.25, 0.3) is 0 Å². The SMILES string of the molecule is COCCN(CCOC)C(C)Cc1ccc2c(c1)CCCN2. The van der Waals surface area contributed by atoms with Crippen LogP contribution in [0.1, 0.15) is 24.5 Å². The lowest BCUT2D eigenvalue weighted by Gasteiger charge is -2.29. The maximum Gasteiger partial charge on any atom is 0.0589 e. The molecule has 0 bridgehead atoms. The predicted molar refractivity (Wildman–Crippen MR) is 91.7 cm³/mol. The summed E-state index contributed by atoms with van der Waals surface area (Å²) in [5.74, 6) is 0. The zero-order chi connectivity index (χ0) is 15.8. The summed E-state index contributed by atoms with van der Waals surface area (Å²) in [6.07, 6.45) is 3.50. The van der Waals surface area contributed by atoms with Gasteiger partial charge < -0.3 is 14.8 Å². The van der Waals surface area contributed by atoms with Crippen molar-refractivity contribution in [2.45, 2.75) is 32.2 Å². The van der Waals surface area contributed by atoms with Gasteiger partial charge in [0.05, 0.1) is 13.2 Å². The third-order valence-electron chi connectivity index (χ3n) is 4.43. The van der Waals surface area contributed by atoms with Gasteiger partial charge in [-0.3, -0.25) is 4.90 Å². The molecular weight excluding hydrogens is 276 g/mol. The number of benzene rings is 1. The van der Waals surface area contributed by atoms with Crippen LogP contribution in [0, 0.1) is 0 Å². The number of fused-ring (bicyclic) bond motifs is 1. The van der Waals surface area contributed by atoms with E-state index in [1.165, 1.54) is 29.7 Å². The maximum atomic E-state index is 5.24. The van der Waals surface area contributed by atoms with Gasteiger partial charge in [0, 0.05) is 45.6 Å². The average Bonchev–Trinajstić information content (AvgIpc) is 2.54. The number of rotatable bonds is 9. The lowest BCUT2D eigenvalue weighted by Crippen LogP contribution is -2.39. The molecule has 1 aromatic rings. The van der Waals surface area contributed by atoms with Gasteiger partial charge in [-0.25, -0.2) is 0 Å². The third-order valence-corrected chi connectivity index (χ3v) is 4.43. The van der Waals surface area contributed by atoms with Crippen molar-refractivity contribution < 1.29 is 9.47 Å². The summed E-state index contributed by atoms with van der Waals surface area (Å²) in [5.41, 5.74) is 4.21. The van der Waals surface area contributed by atoms with Crippen LogP contribution in [0.15, 0.2) is 18.2 Å². The van der Waals surface area contributed by atoms with Crippen LogP contribution in [-0.2, 0) is 22.3 Å². The van der Waals surface area contributed by atoms with Crippen LogP contribution in [0.3, 0.4) is 0 Å². The first-order chi connectivity index (χ1) is 10.7. The van der Waals surface area contributed by atoms with E-state index < -0.39 is 0 Å². The Morgan fingerprint density at radius 3 is 2.59 bits per heavy atom. The fraction of sp³-hybridized carbons (Fsp3) is 0.667. The second-order valence-electron chi connectivity index (χ2n) is 6.10. The fourth-order valence-electron chi connectivity index (χ4n) is 3.10. The van der Waals surface area contributed by atoms with Crippen molar-refractivity contribution in [3.63, 3.8) is 0 Å². The Balaban J connectivity index is 1.96. The van der Waals surface area contributed by atoms with Crippen molar-refractivity contribution in [1.29, 1.82) is 0 Å². The number of anilines is 1. The topological polar surface area (TPSA) is 33.7 Å². The molecule has 1 atom stereocenters. The standard InChI is InChI=1S/C18H30N2O2/c1-15(20(9-11-21-2)10-12-22-3)13-16-6-7-18-17(14-16)5-4-8-19-18/h6-7,14-15,19H,4-5,8-13H2,1-3H3. The number of nitrogens with zero attached hydrogens (tertiary/aromatic N) is 1. The summed E-state index contributed by atoms with van der Waals surface area (Å²) in [4.78, 5) is 2.45. The summed E-state index contributed by atoms with van der Waals surface area (Å²) in [7, 11) is 3.52. The van der Waals surface area contributed by atoms with Gasteiger partial charge in [-0.1, -0.05) is 12.1 Å². The van der Waals surface area contributed by atoms with E-state index in [0.717, 1.165) is 39.3 Å². The van der Waals surface area contributed by atoms with Crippen LogP contribution in [0.4, 0.5) is 5.69 Å². The molecule has 1 N–H and O–H groups in total. The maximum absolute atomic E-state index is 5.24. The van der Waals surface area contributed by atoms with Gasteiger partial charge in [0.2, 0.25) is 0 Å². The van der Waals surface area contributed by atoms with Gasteiger partial charge >= 0.3 is 0 Å². The number of methoxy groups -OCH3 is 2. The Bertz CT molecular complexity index is 443. The predicted octanol–water partition coefficient (Wildman–Crippen LogP) is 2.57. The van der Waals surface area contributed by atoms with Crippen molar-refractivity contribution in [3.8, 4) is 0 Å². The molecule has 124 valence electrons. The van der Waals surface area contributed by atoms with Crippen molar-refractivity contribution in [2.24, 2.45) is 0 Å². The van der Waals surface area contributed by atoms with Crippen LogP contribution >= 0.6 is 0 Å². The summed E-state index contributed by atoms with van der Waals surface area (Å²) >= 11 is 0. The number of ether oxygens (including phenoxy) is 2. The summed E-state index contributed by atoms with van der Waals surface area (Å²) < 4.78 is 10.5. The zero-order valence-electron chi connectivity index (χ0n) is 14.2. The van der Waals surface area contributed by atoms with Crippen LogP contribution in [0.2, 0.25) is 0 Å². The molecule has 4 heteroatoms. The van der Waals surface area contributed by atoms with Gasteiger partial charge in [0.1, 0.15) is 0 Å². The second kappa shape index (κ2) is 9.13. The molecule has 0 aromatic heterocycles. The molecule has 0 radical (unpaired) electrons. The highest BCUT2D eigenvalue weighted by Gasteiger charge is 2.15. The molecule has 1 aromatic carbocycles. The Hall–Kier alpha value is -1.10. The largest absolute Gasteiger partial charge is 0.385 e. The molecule has 1 aliphatic heterocycles. The molecule has 0 saturated carbocycles. The van der Waals surface area contributed by atoms with E-state index in [9.17, 15) is 0 Å². The Kier molecular flexibility index (Phi) is 7.16. The van der Waals surface area contributed by atoms with Gasteiger partial charge in [-0.2, -0.15) is 0 Å². The van der Waals surface area contributed by atoms with E-state index in [0.29, 0.717) is 6.04 Å². The van der Waals surface area contributed by atoms with Crippen molar-refractivity contribution in [1.82, 2.24) is 4.90 Å². The Morgan fingerprint density at radius 2 is 1.91 bits per heavy atom. The third kappa shape index (κ3) is 4.97. The molecule has 4 nitrogen and oxygen atoms in total. The monoisotopic (exact) mass is 306 g/mol. The van der Waals surface area contributed by atoms with Gasteiger partial charge in [0.15, 0.2) is 0 Å². The molecule has 0 saturated heterocycles. The Labute approximate surface area is 134 Å². The molecule has 0 amide bonds. The van der Waals surface area contributed by atoms with Crippen molar-refractivity contribution in [2.75, 3.05) is 52.4 Å². The molecule has 1 aliphatic rings. The molecule has 1 heterocycles. The lowest BCUT2D eigenvalue weighted by molar-refractivity contribution is 0.0919. The number of hydrogen-bond acceptors (Lipinski definition) is 4. The van der Waals surface area contributed by atoms with Crippen LogP contribution < -0.4 is 5.32 Å². The highest BCUT2D eigenvalue weighted by molar-refractivity contribution is 5.54. The number of hydrogen-bond donors (Lipinski definition) is 1. The highest BCUT2D eigenvalue weighted by Crippen LogP contribution is 2.23. The van der Waals surface area contributed by atoms with E-state index >= 15 is 0 Å². The van der Waals surface area contributed by atoms with Crippen LogP contribution in [-0.4, -0.2) is 58.0 Å². The minimum absolute atomic E-state index is 0.486. The zero-order valence-corrected chi connectivity index (χ0v) is 14.2. The first kappa shape index (κ1) is 17.3. The number of aryl methyl sites for hydroxylation is 1. The summed E-state index contributed by atoms with van der Waals surface area (Å²) in [6, 6.07) is 7.37. The minimum Gasteiger partial charge on any atom is -0.385 e. The number of nitrogens with one attached hydrogen (secondary N) is 1. The van der Waals surface area contributed by atoms with Gasteiger partial charge in [0.25, 0.3) is 0 Å².